The summed E-state index contributed by atoms with van der Waals surface area (Å²) in [5.41, 5.74) is 7.85. The van der Waals surface area contributed by atoms with Crippen molar-refractivity contribution in [2.45, 2.75) is 13.3 Å². The van der Waals surface area contributed by atoms with Gasteiger partial charge in [0, 0.05) is 0 Å². The molecule has 0 spiro atoms. The average Bonchev–Trinajstić information content (AvgIpc) is 2.17. The Bertz CT molecular complexity index is 483. The molecule has 72 valence electrons. The van der Waals surface area contributed by atoms with Gasteiger partial charge in [0.05, 0.1) is 11.2 Å². The number of nitrogens with zero attached hydrogens (tertiary/aromatic N) is 3. The highest BCUT2D eigenvalue weighted by molar-refractivity contribution is 6.29. The zero-order valence-electron chi connectivity index (χ0n) is 7.66. The molecule has 4 nitrogen and oxygen atoms in total. The van der Waals surface area contributed by atoms with Gasteiger partial charge in [0.25, 0.3) is 0 Å². The Labute approximate surface area is 86.1 Å². The molecule has 0 aliphatic rings. The number of hydrogen-bond donors (Lipinski definition) is 1. The van der Waals surface area contributed by atoms with E-state index in [-0.39, 0.29) is 5.95 Å². The van der Waals surface area contributed by atoms with E-state index in [1.54, 1.807) is 12.1 Å². The van der Waals surface area contributed by atoms with Gasteiger partial charge in [0.1, 0.15) is 10.7 Å². The number of aromatic nitrogens is 3. The summed E-state index contributed by atoms with van der Waals surface area (Å²) >= 11 is 5.79. The minimum atomic E-state index is 0.276. The smallest absolute Gasteiger partial charge is 0.220 e. The summed E-state index contributed by atoms with van der Waals surface area (Å²) in [5, 5.41) is 0.445. The Morgan fingerprint density at radius 1 is 1.29 bits per heavy atom. The predicted octanol–water partition coefficient (Wildman–Crippen LogP) is 1.82. The maximum atomic E-state index is 5.79. The topological polar surface area (TPSA) is 64.7 Å². The highest BCUT2D eigenvalue weighted by Gasteiger charge is 2.06. The molecule has 2 aromatic rings. The fourth-order valence-corrected chi connectivity index (χ4v) is 1.46. The summed E-state index contributed by atoms with van der Waals surface area (Å²) in [5.74, 6) is 0.276. The van der Waals surface area contributed by atoms with Crippen LogP contribution in [0, 0.1) is 0 Å². The molecule has 0 aromatic carbocycles. The number of aryl methyl sites for hydroxylation is 1. The van der Waals surface area contributed by atoms with Crippen molar-refractivity contribution in [2.24, 2.45) is 0 Å². The van der Waals surface area contributed by atoms with Gasteiger partial charge in [-0.1, -0.05) is 18.5 Å². The second-order valence-corrected chi connectivity index (χ2v) is 3.27. The first-order valence-corrected chi connectivity index (χ1v) is 4.67. The molecule has 0 fully saturated rings. The lowest BCUT2D eigenvalue weighted by Gasteiger charge is -2.03. The number of pyridine rings is 1. The van der Waals surface area contributed by atoms with Crippen molar-refractivity contribution < 1.29 is 0 Å². The third-order valence-electron chi connectivity index (χ3n) is 1.93. The molecule has 0 atom stereocenters. The van der Waals surface area contributed by atoms with Gasteiger partial charge in [-0.15, -0.1) is 0 Å². The van der Waals surface area contributed by atoms with E-state index in [9.17, 15) is 0 Å². The number of anilines is 1. The largest absolute Gasteiger partial charge is 0.368 e. The monoisotopic (exact) mass is 208 g/mol. The van der Waals surface area contributed by atoms with E-state index in [4.69, 9.17) is 17.3 Å². The van der Waals surface area contributed by atoms with Gasteiger partial charge in [0.15, 0.2) is 0 Å². The van der Waals surface area contributed by atoms with Gasteiger partial charge in [-0.3, -0.25) is 0 Å². The quantitative estimate of drug-likeness (QED) is 0.727. The molecule has 0 amide bonds. The molecular formula is C9H9ClN4. The summed E-state index contributed by atoms with van der Waals surface area (Å²) in [7, 11) is 0. The number of hydrogen-bond acceptors (Lipinski definition) is 4. The minimum absolute atomic E-state index is 0.276. The lowest BCUT2D eigenvalue weighted by molar-refractivity contribution is 1.03. The van der Waals surface area contributed by atoms with Gasteiger partial charge in [0.2, 0.25) is 5.95 Å². The highest BCUT2D eigenvalue weighted by Crippen LogP contribution is 2.17. The Kier molecular flexibility index (Phi) is 2.21. The van der Waals surface area contributed by atoms with Gasteiger partial charge >= 0.3 is 0 Å². The molecule has 0 saturated carbocycles. The maximum Gasteiger partial charge on any atom is 0.220 e. The van der Waals surface area contributed by atoms with Gasteiger partial charge in [-0.2, -0.15) is 0 Å². The minimum Gasteiger partial charge on any atom is -0.368 e. The normalized spacial score (nSPS) is 10.7. The second-order valence-electron chi connectivity index (χ2n) is 2.88. The standard InChI is InChI=1S/C9H9ClN4/c1-2-5-8-6(13-9(11)12-5)3-4-7(10)14-8/h3-4H,2H2,1H3,(H2,11,12,13). The van der Waals surface area contributed by atoms with Gasteiger partial charge in [-0.25, -0.2) is 15.0 Å². The van der Waals surface area contributed by atoms with Crippen molar-refractivity contribution in [3.05, 3.63) is 23.0 Å². The van der Waals surface area contributed by atoms with E-state index >= 15 is 0 Å². The molecule has 2 aromatic heterocycles. The number of fused-ring (bicyclic) bond motifs is 1. The summed E-state index contributed by atoms with van der Waals surface area (Å²) in [6.07, 6.45) is 0.760. The third-order valence-corrected chi connectivity index (χ3v) is 2.14. The number of rotatable bonds is 1. The van der Waals surface area contributed by atoms with Crippen LogP contribution in [0.4, 0.5) is 5.95 Å². The number of halogens is 1. The number of nitrogen functional groups attached to an aromatic ring is 1. The van der Waals surface area contributed by atoms with Crippen LogP contribution in [0.2, 0.25) is 5.15 Å². The Morgan fingerprint density at radius 3 is 2.79 bits per heavy atom. The lowest BCUT2D eigenvalue weighted by Crippen LogP contribution is -2.01. The molecule has 14 heavy (non-hydrogen) atoms. The first kappa shape index (κ1) is 9.15. The lowest BCUT2D eigenvalue weighted by atomic mass is 10.2. The molecule has 0 aliphatic carbocycles. The average molecular weight is 209 g/mol. The molecule has 0 radical (unpaired) electrons. The van der Waals surface area contributed by atoms with Crippen molar-refractivity contribution >= 4 is 28.6 Å². The third kappa shape index (κ3) is 1.48. The van der Waals surface area contributed by atoms with E-state index < -0.39 is 0 Å². The van der Waals surface area contributed by atoms with E-state index in [1.807, 2.05) is 6.92 Å². The van der Waals surface area contributed by atoms with Crippen LogP contribution in [0.1, 0.15) is 12.6 Å². The van der Waals surface area contributed by atoms with Crippen LogP contribution in [0.3, 0.4) is 0 Å². The Hall–Kier alpha value is -1.42. The van der Waals surface area contributed by atoms with Crippen LogP contribution < -0.4 is 5.73 Å². The van der Waals surface area contributed by atoms with Crippen LogP contribution in [0.25, 0.3) is 11.0 Å². The molecule has 5 heteroatoms. The zero-order chi connectivity index (χ0) is 10.1. The van der Waals surface area contributed by atoms with E-state index in [0.717, 1.165) is 23.1 Å². The molecule has 0 unspecified atom stereocenters. The Morgan fingerprint density at radius 2 is 2.07 bits per heavy atom. The summed E-state index contributed by atoms with van der Waals surface area (Å²) < 4.78 is 0. The molecule has 0 saturated heterocycles. The van der Waals surface area contributed by atoms with Crippen LogP contribution in [-0.4, -0.2) is 15.0 Å². The number of nitrogens with two attached hydrogens (primary N) is 1. The molecule has 2 N–H and O–H groups in total. The summed E-state index contributed by atoms with van der Waals surface area (Å²) in [6, 6.07) is 3.48. The van der Waals surface area contributed by atoms with Crippen molar-refractivity contribution in [3.8, 4) is 0 Å². The maximum absolute atomic E-state index is 5.79. The molecule has 0 aliphatic heterocycles. The first-order chi connectivity index (χ1) is 6.70. The van der Waals surface area contributed by atoms with Crippen molar-refractivity contribution in [1.29, 1.82) is 0 Å². The summed E-state index contributed by atoms with van der Waals surface area (Å²) in [6.45, 7) is 1.99. The first-order valence-electron chi connectivity index (χ1n) is 4.29. The van der Waals surface area contributed by atoms with E-state index in [0.29, 0.717) is 5.15 Å². The van der Waals surface area contributed by atoms with Gasteiger partial charge in [-0.05, 0) is 18.6 Å². The fraction of sp³-hybridized carbons (Fsp3) is 0.222. The highest BCUT2D eigenvalue weighted by atomic mass is 35.5. The SMILES string of the molecule is CCc1nc(N)nc2ccc(Cl)nc12. The van der Waals surface area contributed by atoms with Gasteiger partial charge < -0.3 is 5.73 Å². The summed E-state index contributed by atoms with van der Waals surface area (Å²) in [4.78, 5) is 12.3. The molecule has 2 rings (SSSR count). The molecular weight excluding hydrogens is 200 g/mol. The van der Waals surface area contributed by atoms with E-state index in [2.05, 4.69) is 15.0 Å². The van der Waals surface area contributed by atoms with Crippen molar-refractivity contribution in [3.63, 3.8) is 0 Å². The van der Waals surface area contributed by atoms with Crippen molar-refractivity contribution in [2.75, 3.05) is 5.73 Å². The van der Waals surface area contributed by atoms with E-state index in [1.165, 1.54) is 0 Å². The van der Waals surface area contributed by atoms with Crippen LogP contribution in [0.5, 0.6) is 0 Å². The fourth-order valence-electron chi connectivity index (χ4n) is 1.32. The molecule has 0 bridgehead atoms. The second kappa shape index (κ2) is 3.38. The van der Waals surface area contributed by atoms with Crippen molar-refractivity contribution in [1.82, 2.24) is 15.0 Å². The predicted molar refractivity (Wildman–Crippen MR) is 56.1 cm³/mol. The molecule has 2 heterocycles. The zero-order valence-corrected chi connectivity index (χ0v) is 8.41. The Balaban J connectivity index is 2.81. The van der Waals surface area contributed by atoms with Crippen LogP contribution in [-0.2, 0) is 6.42 Å². The van der Waals surface area contributed by atoms with Crippen LogP contribution >= 0.6 is 11.6 Å². The van der Waals surface area contributed by atoms with Crippen LogP contribution in [0.15, 0.2) is 12.1 Å².